The van der Waals surface area contributed by atoms with Gasteiger partial charge in [-0.05, 0) is 55.3 Å². The zero-order valence-corrected chi connectivity index (χ0v) is 14.9. The van der Waals surface area contributed by atoms with Crippen LogP contribution >= 0.6 is 0 Å². The minimum Gasteiger partial charge on any atom is -0.376 e. The Morgan fingerprint density at radius 1 is 1.08 bits per heavy atom. The molecule has 1 amide bonds. The van der Waals surface area contributed by atoms with E-state index in [0.717, 1.165) is 16.9 Å². The molecule has 2 N–H and O–H groups in total. The van der Waals surface area contributed by atoms with E-state index in [9.17, 15) is 4.79 Å². The van der Waals surface area contributed by atoms with Crippen LogP contribution in [0.4, 0.5) is 5.69 Å². The van der Waals surface area contributed by atoms with Crippen molar-refractivity contribution < 1.29 is 4.79 Å². The fraction of sp³-hybridized carbons (Fsp3) is 0.143. The van der Waals surface area contributed by atoms with Gasteiger partial charge < -0.3 is 9.88 Å². The van der Waals surface area contributed by atoms with E-state index in [0.29, 0.717) is 0 Å². The molecule has 0 fully saturated rings. The molecular formula is C21H22N4O. The molecule has 0 saturated carbocycles. The molecule has 132 valence electrons. The Bertz CT molecular complexity index is 913. The molecule has 0 spiro atoms. The van der Waals surface area contributed by atoms with Crippen LogP contribution in [0.1, 0.15) is 16.7 Å². The van der Waals surface area contributed by atoms with Crippen molar-refractivity contribution in [3.63, 3.8) is 0 Å². The zero-order valence-electron chi connectivity index (χ0n) is 14.9. The van der Waals surface area contributed by atoms with Crippen LogP contribution in [0.3, 0.4) is 0 Å². The number of nitrogens with one attached hydrogen (secondary N) is 2. The standard InChI is InChI=1S/C21H22N4O/c1-16-8-9-19(12-17(16)2)22-14-21(26)24-23-13-18-10-11-25(15-18)20-6-4-3-5-7-20/h3-13,15,22H,14H2,1-2H3,(H,24,26)/b23-13-. The summed E-state index contributed by atoms with van der Waals surface area (Å²) in [6, 6.07) is 18.0. The lowest BCUT2D eigenvalue weighted by Crippen LogP contribution is -2.25. The van der Waals surface area contributed by atoms with E-state index in [1.807, 2.05) is 78.5 Å². The predicted molar refractivity (Wildman–Crippen MR) is 106 cm³/mol. The normalized spacial score (nSPS) is 10.8. The van der Waals surface area contributed by atoms with E-state index in [-0.39, 0.29) is 12.5 Å². The summed E-state index contributed by atoms with van der Waals surface area (Å²) in [7, 11) is 0. The number of carbonyl (C=O) groups is 1. The first-order chi connectivity index (χ1) is 12.6. The second kappa shape index (κ2) is 8.16. The maximum Gasteiger partial charge on any atom is 0.259 e. The number of benzene rings is 2. The van der Waals surface area contributed by atoms with Gasteiger partial charge in [0.15, 0.2) is 0 Å². The third-order valence-corrected chi connectivity index (χ3v) is 4.13. The van der Waals surface area contributed by atoms with Gasteiger partial charge in [0.2, 0.25) is 0 Å². The Labute approximate surface area is 153 Å². The van der Waals surface area contributed by atoms with Gasteiger partial charge in [0.05, 0.1) is 12.8 Å². The first-order valence-corrected chi connectivity index (χ1v) is 8.48. The van der Waals surface area contributed by atoms with Crippen LogP contribution in [0.15, 0.2) is 72.1 Å². The summed E-state index contributed by atoms with van der Waals surface area (Å²) < 4.78 is 2.00. The van der Waals surface area contributed by atoms with Crippen molar-refractivity contribution in [2.24, 2.45) is 5.10 Å². The Kier molecular flexibility index (Phi) is 5.49. The molecule has 0 unspecified atom stereocenters. The monoisotopic (exact) mass is 346 g/mol. The number of amides is 1. The fourth-order valence-electron chi connectivity index (χ4n) is 2.50. The SMILES string of the molecule is Cc1ccc(NCC(=O)N/N=C\c2ccn(-c3ccccc3)c2)cc1C. The number of aryl methyl sites for hydroxylation is 2. The molecule has 2 aromatic carbocycles. The van der Waals surface area contributed by atoms with Gasteiger partial charge in [-0.1, -0.05) is 24.3 Å². The minimum absolute atomic E-state index is 0.171. The van der Waals surface area contributed by atoms with E-state index in [1.165, 1.54) is 11.1 Å². The molecule has 5 nitrogen and oxygen atoms in total. The molecule has 26 heavy (non-hydrogen) atoms. The Morgan fingerprint density at radius 2 is 1.88 bits per heavy atom. The molecule has 1 aromatic heterocycles. The van der Waals surface area contributed by atoms with Gasteiger partial charge in [-0.25, -0.2) is 5.43 Å². The quantitative estimate of drug-likeness (QED) is 0.529. The van der Waals surface area contributed by atoms with Crippen molar-refractivity contribution in [3.8, 4) is 5.69 Å². The molecule has 5 heteroatoms. The van der Waals surface area contributed by atoms with E-state index in [4.69, 9.17) is 0 Å². The molecule has 0 atom stereocenters. The molecule has 0 saturated heterocycles. The lowest BCUT2D eigenvalue weighted by molar-refractivity contribution is -0.119. The number of hydrogen-bond donors (Lipinski definition) is 2. The smallest absolute Gasteiger partial charge is 0.259 e. The molecule has 0 bridgehead atoms. The number of para-hydroxylation sites is 1. The average molecular weight is 346 g/mol. The summed E-state index contributed by atoms with van der Waals surface area (Å²) in [6.45, 7) is 4.28. The maximum atomic E-state index is 11.9. The molecular weight excluding hydrogens is 324 g/mol. The largest absolute Gasteiger partial charge is 0.376 e. The first kappa shape index (κ1) is 17.5. The van der Waals surface area contributed by atoms with Gasteiger partial charge in [-0.15, -0.1) is 0 Å². The van der Waals surface area contributed by atoms with Crippen LogP contribution in [0, 0.1) is 13.8 Å². The number of carbonyl (C=O) groups excluding carboxylic acids is 1. The molecule has 3 rings (SSSR count). The van der Waals surface area contributed by atoms with Crippen molar-refractivity contribution in [1.29, 1.82) is 0 Å². The lowest BCUT2D eigenvalue weighted by Gasteiger charge is -2.07. The van der Waals surface area contributed by atoms with Crippen molar-refractivity contribution >= 4 is 17.8 Å². The van der Waals surface area contributed by atoms with Gasteiger partial charge in [0.25, 0.3) is 5.91 Å². The van der Waals surface area contributed by atoms with Crippen LogP contribution < -0.4 is 10.7 Å². The summed E-state index contributed by atoms with van der Waals surface area (Å²) in [6.07, 6.45) is 5.55. The Balaban J connectivity index is 1.50. The molecule has 3 aromatic rings. The molecule has 0 aliphatic heterocycles. The second-order valence-corrected chi connectivity index (χ2v) is 6.13. The summed E-state index contributed by atoms with van der Waals surface area (Å²) in [5.74, 6) is -0.193. The first-order valence-electron chi connectivity index (χ1n) is 8.48. The van der Waals surface area contributed by atoms with Crippen LogP contribution in [0.25, 0.3) is 5.69 Å². The van der Waals surface area contributed by atoms with Crippen molar-refractivity contribution in [2.45, 2.75) is 13.8 Å². The Hall–Kier alpha value is -3.34. The van der Waals surface area contributed by atoms with Gasteiger partial charge in [-0.3, -0.25) is 4.79 Å². The third kappa shape index (κ3) is 4.60. The van der Waals surface area contributed by atoms with Crippen molar-refractivity contribution in [1.82, 2.24) is 9.99 Å². The summed E-state index contributed by atoms with van der Waals surface area (Å²) in [5, 5.41) is 7.11. The number of hydrazone groups is 1. The highest BCUT2D eigenvalue weighted by Gasteiger charge is 2.01. The minimum atomic E-state index is -0.193. The number of anilines is 1. The van der Waals surface area contributed by atoms with Crippen LogP contribution in [-0.2, 0) is 4.79 Å². The van der Waals surface area contributed by atoms with Gasteiger partial charge in [0.1, 0.15) is 0 Å². The van der Waals surface area contributed by atoms with E-state index in [2.05, 4.69) is 22.8 Å². The van der Waals surface area contributed by atoms with Gasteiger partial charge in [0, 0.05) is 29.3 Å². The van der Waals surface area contributed by atoms with Crippen LogP contribution in [-0.4, -0.2) is 23.2 Å². The number of nitrogens with zero attached hydrogens (tertiary/aromatic N) is 2. The molecule has 1 heterocycles. The summed E-state index contributed by atoms with van der Waals surface area (Å²) >= 11 is 0. The highest BCUT2D eigenvalue weighted by molar-refractivity contribution is 5.84. The maximum absolute atomic E-state index is 11.9. The van der Waals surface area contributed by atoms with E-state index < -0.39 is 0 Å². The van der Waals surface area contributed by atoms with E-state index >= 15 is 0 Å². The van der Waals surface area contributed by atoms with Gasteiger partial charge in [-0.2, -0.15) is 5.10 Å². The third-order valence-electron chi connectivity index (χ3n) is 4.13. The van der Waals surface area contributed by atoms with E-state index in [1.54, 1.807) is 6.21 Å². The predicted octanol–water partition coefficient (Wildman–Crippen LogP) is 3.66. The summed E-state index contributed by atoms with van der Waals surface area (Å²) in [5.41, 5.74) is 7.87. The topological polar surface area (TPSA) is 58.4 Å². The summed E-state index contributed by atoms with van der Waals surface area (Å²) in [4.78, 5) is 11.9. The number of hydrogen-bond acceptors (Lipinski definition) is 3. The van der Waals surface area contributed by atoms with Crippen LogP contribution in [0.5, 0.6) is 0 Å². The molecule has 0 aliphatic rings. The van der Waals surface area contributed by atoms with Crippen LogP contribution in [0.2, 0.25) is 0 Å². The van der Waals surface area contributed by atoms with Gasteiger partial charge >= 0.3 is 0 Å². The average Bonchev–Trinajstić information content (AvgIpc) is 3.12. The molecule has 0 radical (unpaired) electrons. The highest BCUT2D eigenvalue weighted by atomic mass is 16.2. The molecule has 0 aliphatic carbocycles. The fourth-order valence-corrected chi connectivity index (χ4v) is 2.50. The zero-order chi connectivity index (χ0) is 18.4. The van der Waals surface area contributed by atoms with Crippen molar-refractivity contribution in [3.05, 3.63) is 83.7 Å². The number of aromatic nitrogens is 1. The number of rotatable bonds is 6. The second-order valence-electron chi connectivity index (χ2n) is 6.13. The van der Waals surface area contributed by atoms with Crippen molar-refractivity contribution in [2.75, 3.05) is 11.9 Å². The lowest BCUT2D eigenvalue weighted by atomic mass is 10.1. The highest BCUT2D eigenvalue weighted by Crippen LogP contribution is 2.13. The Morgan fingerprint density at radius 3 is 2.65 bits per heavy atom.